The number of hydrogen-bond acceptors (Lipinski definition) is 3. The summed E-state index contributed by atoms with van der Waals surface area (Å²) in [5, 5.41) is 12.8. The Hall–Kier alpha value is -0.840. The topological polar surface area (TPSA) is 45.5 Å². The molecular weight excluding hydrogens is 315 g/mol. The summed E-state index contributed by atoms with van der Waals surface area (Å²) in [4.78, 5) is 4.18. The third kappa shape index (κ3) is 2.14. The SMILES string of the molecule is O/N=C(\Cl)c1cc(Cl)c2ncc(Br)cc2c1. The first-order valence-corrected chi connectivity index (χ1v) is 5.79. The van der Waals surface area contributed by atoms with E-state index in [1.54, 1.807) is 18.3 Å². The van der Waals surface area contributed by atoms with Gasteiger partial charge in [0, 0.05) is 21.6 Å². The van der Waals surface area contributed by atoms with Crippen molar-refractivity contribution in [2.75, 3.05) is 0 Å². The number of oxime groups is 1. The standard InChI is InChI=1S/C10H5BrCl2N2O/c11-7-2-5-1-6(10(13)15-16)3-8(12)9(5)14-4-7/h1-4,16H/b15-10-. The van der Waals surface area contributed by atoms with Crippen molar-refractivity contribution in [2.24, 2.45) is 5.16 Å². The number of fused-ring (bicyclic) bond motifs is 1. The highest BCUT2D eigenvalue weighted by atomic mass is 79.9. The Kier molecular flexibility index (Phi) is 3.33. The fourth-order valence-corrected chi connectivity index (χ4v) is 2.09. The molecule has 1 N–H and O–H groups in total. The van der Waals surface area contributed by atoms with Crippen molar-refractivity contribution in [1.29, 1.82) is 0 Å². The van der Waals surface area contributed by atoms with E-state index in [4.69, 9.17) is 28.4 Å². The number of aromatic nitrogens is 1. The Morgan fingerprint density at radius 3 is 2.81 bits per heavy atom. The number of halogens is 3. The molecule has 0 spiro atoms. The van der Waals surface area contributed by atoms with Gasteiger partial charge in [0.05, 0.1) is 10.5 Å². The van der Waals surface area contributed by atoms with Crippen molar-refractivity contribution in [2.45, 2.75) is 0 Å². The van der Waals surface area contributed by atoms with Crippen molar-refractivity contribution in [3.63, 3.8) is 0 Å². The Balaban J connectivity index is 2.74. The van der Waals surface area contributed by atoms with Gasteiger partial charge in [0.25, 0.3) is 0 Å². The highest BCUT2D eigenvalue weighted by Gasteiger charge is 2.07. The molecule has 0 atom stereocenters. The molecule has 0 amide bonds. The van der Waals surface area contributed by atoms with Crippen molar-refractivity contribution >= 4 is 55.2 Å². The lowest BCUT2D eigenvalue weighted by Gasteiger charge is -2.03. The second kappa shape index (κ2) is 4.57. The van der Waals surface area contributed by atoms with Crippen LogP contribution in [0, 0.1) is 0 Å². The van der Waals surface area contributed by atoms with E-state index in [1.807, 2.05) is 6.07 Å². The van der Waals surface area contributed by atoms with Crippen LogP contribution in [-0.4, -0.2) is 15.4 Å². The summed E-state index contributed by atoms with van der Waals surface area (Å²) in [7, 11) is 0. The summed E-state index contributed by atoms with van der Waals surface area (Å²) < 4.78 is 0.838. The monoisotopic (exact) mass is 318 g/mol. The van der Waals surface area contributed by atoms with Gasteiger partial charge in [0.2, 0.25) is 0 Å². The van der Waals surface area contributed by atoms with Crippen molar-refractivity contribution in [3.8, 4) is 0 Å². The van der Waals surface area contributed by atoms with Gasteiger partial charge in [0.1, 0.15) is 0 Å². The third-order valence-electron chi connectivity index (χ3n) is 2.03. The van der Waals surface area contributed by atoms with Gasteiger partial charge >= 0.3 is 0 Å². The maximum Gasteiger partial charge on any atom is 0.175 e. The second-order valence-corrected chi connectivity index (χ2v) is 4.76. The smallest absolute Gasteiger partial charge is 0.175 e. The molecule has 0 unspecified atom stereocenters. The van der Waals surface area contributed by atoms with Gasteiger partial charge < -0.3 is 5.21 Å². The van der Waals surface area contributed by atoms with E-state index in [0.717, 1.165) is 9.86 Å². The van der Waals surface area contributed by atoms with E-state index in [2.05, 4.69) is 26.1 Å². The summed E-state index contributed by atoms with van der Waals surface area (Å²) >= 11 is 15.1. The van der Waals surface area contributed by atoms with E-state index in [-0.39, 0.29) is 5.17 Å². The fourth-order valence-electron chi connectivity index (χ4n) is 1.36. The molecule has 0 aliphatic rings. The van der Waals surface area contributed by atoms with Gasteiger partial charge in [-0.05, 0) is 34.1 Å². The lowest BCUT2D eigenvalue weighted by Crippen LogP contribution is -1.92. The number of pyridine rings is 1. The van der Waals surface area contributed by atoms with Crippen LogP contribution >= 0.6 is 39.1 Å². The molecular formula is C10H5BrCl2N2O. The van der Waals surface area contributed by atoms with E-state index in [9.17, 15) is 0 Å². The van der Waals surface area contributed by atoms with E-state index in [1.165, 1.54) is 0 Å². The molecule has 0 radical (unpaired) electrons. The molecule has 16 heavy (non-hydrogen) atoms. The molecule has 0 aliphatic heterocycles. The maximum atomic E-state index is 8.59. The Morgan fingerprint density at radius 1 is 1.38 bits per heavy atom. The minimum absolute atomic E-state index is 0.0104. The molecule has 0 saturated carbocycles. The molecule has 1 aromatic carbocycles. The van der Waals surface area contributed by atoms with Crippen molar-refractivity contribution in [1.82, 2.24) is 4.98 Å². The van der Waals surface area contributed by atoms with E-state index < -0.39 is 0 Å². The average molecular weight is 320 g/mol. The third-order valence-corrected chi connectivity index (χ3v) is 3.04. The molecule has 0 bridgehead atoms. The number of nitrogens with zero attached hydrogens (tertiary/aromatic N) is 2. The van der Waals surface area contributed by atoms with Crippen LogP contribution in [0.5, 0.6) is 0 Å². The van der Waals surface area contributed by atoms with Gasteiger partial charge in [-0.15, -0.1) is 0 Å². The summed E-state index contributed by atoms with van der Waals surface area (Å²) in [6.07, 6.45) is 1.66. The molecule has 0 saturated heterocycles. The van der Waals surface area contributed by atoms with Crippen molar-refractivity contribution in [3.05, 3.63) is 39.5 Å². The van der Waals surface area contributed by atoms with Crippen molar-refractivity contribution < 1.29 is 5.21 Å². The number of rotatable bonds is 1. The van der Waals surface area contributed by atoms with Gasteiger partial charge in [-0.2, -0.15) is 0 Å². The molecule has 82 valence electrons. The zero-order chi connectivity index (χ0) is 11.7. The quantitative estimate of drug-likeness (QED) is 0.490. The first-order valence-electron chi connectivity index (χ1n) is 4.24. The van der Waals surface area contributed by atoms with Crippen LogP contribution in [0.3, 0.4) is 0 Å². The molecule has 1 aromatic heterocycles. The molecule has 3 nitrogen and oxygen atoms in total. The largest absolute Gasteiger partial charge is 0.410 e. The normalized spacial score (nSPS) is 12.1. The lowest BCUT2D eigenvalue weighted by molar-refractivity contribution is 0.321. The summed E-state index contributed by atoms with van der Waals surface area (Å²) in [5.74, 6) is 0. The van der Waals surface area contributed by atoms with Gasteiger partial charge in [0.15, 0.2) is 5.17 Å². The number of benzene rings is 1. The minimum atomic E-state index is -0.0104. The first-order chi connectivity index (χ1) is 7.61. The summed E-state index contributed by atoms with van der Waals surface area (Å²) in [5.41, 5.74) is 1.22. The van der Waals surface area contributed by atoms with Gasteiger partial charge in [-0.25, -0.2) is 0 Å². The zero-order valence-corrected chi connectivity index (χ0v) is 10.9. The highest BCUT2D eigenvalue weighted by Crippen LogP contribution is 2.26. The average Bonchev–Trinajstić information content (AvgIpc) is 2.27. The van der Waals surface area contributed by atoms with Crippen LogP contribution in [0.1, 0.15) is 5.56 Å². The lowest BCUT2D eigenvalue weighted by atomic mass is 10.1. The highest BCUT2D eigenvalue weighted by molar-refractivity contribution is 9.10. The minimum Gasteiger partial charge on any atom is -0.410 e. The van der Waals surface area contributed by atoms with E-state index >= 15 is 0 Å². The Morgan fingerprint density at radius 2 is 2.12 bits per heavy atom. The molecule has 6 heteroatoms. The van der Waals surface area contributed by atoms with E-state index in [0.29, 0.717) is 16.1 Å². The van der Waals surface area contributed by atoms with Gasteiger partial charge in [-0.1, -0.05) is 28.4 Å². The number of hydrogen-bond donors (Lipinski definition) is 1. The van der Waals surface area contributed by atoms with Crippen LogP contribution in [0.2, 0.25) is 5.02 Å². The first kappa shape index (κ1) is 11.6. The van der Waals surface area contributed by atoms with Crippen LogP contribution in [0.15, 0.2) is 34.0 Å². The van der Waals surface area contributed by atoms with Crippen LogP contribution in [0.4, 0.5) is 0 Å². The predicted molar refractivity (Wildman–Crippen MR) is 68.6 cm³/mol. The van der Waals surface area contributed by atoms with Crippen LogP contribution in [-0.2, 0) is 0 Å². The summed E-state index contributed by atoms with van der Waals surface area (Å²) in [6.45, 7) is 0. The fraction of sp³-hybridized carbons (Fsp3) is 0. The van der Waals surface area contributed by atoms with Crippen LogP contribution < -0.4 is 0 Å². The molecule has 0 fully saturated rings. The molecule has 2 rings (SSSR count). The van der Waals surface area contributed by atoms with Crippen LogP contribution in [0.25, 0.3) is 10.9 Å². The second-order valence-electron chi connectivity index (χ2n) is 3.07. The maximum absolute atomic E-state index is 8.59. The molecule has 1 heterocycles. The molecule has 2 aromatic rings. The summed E-state index contributed by atoms with van der Waals surface area (Å²) in [6, 6.07) is 5.22. The molecule has 0 aliphatic carbocycles. The predicted octanol–water partition coefficient (Wildman–Crippen LogP) is 4.03. The Labute approximate surface area is 110 Å². The Bertz CT molecular complexity index is 586. The van der Waals surface area contributed by atoms with Gasteiger partial charge in [-0.3, -0.25) is 4.98 Å². The zero-order valence-electron chi connectivity index (χ0n) is 7.78.